The Balaban J connectivity index is 0.00000156. The van der Waals surface area contributed by atoms with Crippen LogP contribution >= 0.6 is 0 Å². The molecule has 1 saturated heterocycles. The lowest BCUT2D eigenvalue weighted by Gasteiger charge is -2.29. The van der Waals surface area contributed by atoms with Crippen LogP contribution in [0.5, 0.6) is 0 Å². The molecule has 1 amide bonds. The number of amides is 1. The summed E-state index contributed by atoms with van der Waals surface area (Å²) in [4.78, 5) is 41.7. The second kappa shape index (κ2) is 40.4. The Kier molecular flexibility index (Phi) is 39.3. The number of esters is 1. The molecule has 350 valence electrons. The van der Waals surface area contributed by atoms with E-state index in [1.54, 1.807) is 6.92 Å². The minimum absolute atomic E-state index is 0.0269. The van der Waals surface area contributed by atoms with Gasteiger partial charge in [0, 0.05) is 25.6 Å². The number of ether oxygens (including phenoxy) is 2. The first-order valence-corrected chi connectivity index (χ1v) is 26.0. The average Bonchev–Trinajstić information content (AvgIpc) is 3.67. The largest absolute Gasteiger partial charge is 0.465 e. The summed E-state index contributed by atoms with van der Waals surface area (Å²) in [5, 5.41) is 0. The second-order valence-electron chi connectivity index (χ2n) is 18.4. The minimum Gasteiger partial charge on any atom is -0.465 e. The fourth-order valence-corrected chi connectivity index (χ4v) is 8.90. The van der Waals surface area contributed by atoms with E-state index in [1.165, 1.54) is 122 Å². The molecule has 0 saturated carbocycles. The van der Waals surface area contributed by atoms with E-state index < -0.39 is 0 Å². The van der Waals surface area contributed by atoms with Crippen LogP contribution in [0.3, 0.4) is 0 Å². The van der Waals surface area contributed by atoms with Gasteiger partial charge in [0.15, 0.2) is 0 Å². The van der Waals surface area contributed by atoms with Gasteiger partial charge in [-0.2, -0.15) is 0 Å². The van der Waals surface area contributed by atoms with Crippen molar-refractivity contribution in [3.63, 3.8) is 0 Å². The van der Waals surface area contributed by atoms with Crippen molar-refractivity contribution in [3.8, 4) is 0 Å². The molecule has 7 heteroatoms. The van der Waals surface area contributed by atoms with Crippen LogP contribution in [0.15, 0.2) is 0 Å². The molecule has 3 atom stereocenters. The van der Waals surface area contributed by atoms with Crippen LogP contribution in [-0.2, 0) is 19.1 Å². The Hall–Kier alpha value is -1.63. The van der Waals surface area contributed by atoms with E-state index in [0.29, 0.717) is 24.9 Å². The second-order valence-corrected chi connectivity index (χ2v) is 18.4. The van der Waals surface area contributed by atoms with Crippen LogP contribution in [0.25, 0.3) is 0 Å². The van der Waals surface area contributed by atoms with Crippen LogP contribution in [-0.4, -0.2) is 73.6 Å². The molecule has 1 heterocycles. The highest BCUT2D eigenvalue weighted by atomic mass is 16.6. The lowest BCUT2D eigenvalue weighted by atomic mass is 9.78. The van der Waals surface area contributed by atoms with Crippen molar-refractivity contribution >= 4 is 17.8 Å². The average molecular weight is 835 g/mol. The molecule has 3 unspecified atom stereocenters. The van der Waals surface area contributed by atoms with Crippen molar-refractivity contribution < 1.29 is 23.9 Å². The minimum atomic E-state index is -0.157. The maximum atomic E-state index is 13.1. The number of carbonyl (C=O) groups excluding carboxylic acids is 3. The van der Waals surface area contributed by atoms with Crippen molar-refractivity contribution in [2.24, 2.45) is 17.3 Å². The maximum absolute atomic E-state index is 13.1. The number of Topliss-reactive ketones (excluding diaryl/α,β-unsaturated/α-hetero) is 1. The summed E-state index contributed by atoms with van der Waals surface area (Å²) in [5.41, 5.74) is 0.126. The highest BCUT2D eigenvalue weighted by Crippen LogP contribution is 2.40. The van der Waals surface area contributed by atoms with Gasteiger partial charge in [-0.1, -0.05) is 190 Å². The number of likely N-dealkylation sites (tertiary alicyclic amines) is 1. The van der Waals surface area contributed by atoms with Crippen LogP contribution in [0.1, 0.15) is 254 Å². The first-order valence-electron chi connectivity index (χ1n) is 26.0. The van der Waals surface area contributed by atoms with E-state index in [2.05, 4.69) is 53.4 Å². The summed E-state index contributed by atoms with van der Waals surface area (Å²) >= 11 is 0. The fraction of sp³-hybridized carbons (Fsp3) is 0.942. The summed E-state index contributed by atoms with van der Waals surface area (Å²) in [5.74, 6) is 0.859. The molecule has 1 rings (SSSR count). The highest BCUT2D eigenvalue weighted by Gasteiger charge is 2.39. The molecule has 1 aliphatic heterocycles. The van der Waals surface area contributed by atoms with Gasteiger partial charge in [0.25, 0.3) is 0 Å². The zero-order valence-electron chi connectivity index (χ0n) is 41.0. The van der Waals surface area contributed by atoms with Crippen LogP contribution < -0.4 is 0 Å². The van der Waals surface area contributed by atoms with Crippen molar-refractivity contribution in [2.75, 3.05) is 45.9 Å². The van der Waals surface area contributed by atoms with Crippen LogP contribution in [0.4, 0.5) is 4.79 Å². The first-order chi connectivity index (χ1) is 28.7. The predicted molar refractivity (Wildman–Crippen MR) is 253 cm³/mol. The maximum Gasteiger partial charge on any atom is 0.409 e. The van der Waals surface area contributed by atoms with Crippen molar-refractivity contribution in [3.05, 3.63) is 0 Å². The molecule has 0 bridgehead atoms. The summed E-state index contributed by atoms with van der Waals surface area (Å²) in [6, 6.07) is 0. The number of nitrogens with zero attached hydrogens (tertiary/aromatic N) is 2. The SMILES string of the molecule is CCCCCCCCC(CCCCCC)C(=O)OCCCC1(CCCC)CCN(C(=O)OCCCN(CC)CC)C1.CCCCCCCCC(CCCCCC)C(C)=O. The Morgan fingerprint density at radius 3 is 1.42 bits per heavy atom. The Labute approximate surface area is 368 Å². The summed E-state index contributed by atoms with van der Waals surface area (Å²) in [6.07, 6.45) is 36.8. The zero-order valence-corrected chi connectivity index (χ0v) is 41.0. The molecule has 0 aromatic rings. The van der Waals surface area contributed by atoms with Crippen LogP contribution in [0.2, 0.25) is 0 Å². The quantitative estimate of drug-likeness (QED) is 0.0453. The molecule has 0 spiro atoms. The van der Waals surface area contributed by atoms with Gasteiger partial charge in [-0.3, -0.25) is 9.59 Å². The Bertz CT molecular complexity index is 971. The standard InChI is InChI=1S/C35H68N2O4.C17H34O/c1-6-11-14-16-17-19-23-32(22-18-15-12-7-2)33(38)40-29-20-25-35(24-13-8-3)26-28-37(31-35)34(39)41-30-21-27-36(9-4)10-5;1-4-6-8-10-11-13-15-17(16(3)18)14-12-9-7-5-2/h32H,6-31H2,1-5H3;17H,4-15H2,1-3H3. The third-order valence-corrected chi connectivity index (χ3v) is 13.1. The van der Waals surface area contributed by atoms with Gasteiger partial charge < -0.3 is 19.3 Å². The highest BCUT2D eigenvalue weighted by molar-refractivity contribution is 5.78. The Morgan fingerprint density at radius 1 is 0.525 bits per heavy atom. The molecule has 0 N–H and O–H groups in total. The number of ketones is 1. The topological polar surface area (TPSA) is 76.2 Å². The van der Waals surface area contributed by atoms with Gasteiger partial charge in [-0.05, 0) is 83.2 Å². The summed E-state index contributed by atoms with van der Waals surface area (Å²) < 4.78 is 11.5. The molecule has 0 aromatic carbocycles. The van der Waals surface area contributed by atoms with Crippen molar-refractivity contribution in [2.45, 2.75) is 254 Å². The lowest BCUT2D eigenvalue weighted by molar-refractivity contribution is -0.149. The third-order valence-electron chi connectivity index (χ3n) is 13.1. The number of unbranched alkanes of at least 4 members (excludes halogenated alkanes) is 17. The number of rotatable bonds is 39. The van der Waals surface area contributed by atoms with Gasteiger partial charge in [0.2, 0.25) is 0 Å². The summed E-state index contributed by atoms with van der Waals surface area (Å²) in [7, 11) is 0. The molecule has 59 heavy (non-hydrogen) atoms. The molecule has 1 fully saturated rings. The number of hydrogen-bond acceptors (Lipinski definition) is 6. The smallest absolute Gasteiger partial charge is 0.409 e. The number of carbonyl (C=O) groups is 3. The van der Waals surface area contributed by atoms with Crippen LogP contribution in [0, 0.1) is 17.3 Å². The monoisotopic (exact) mass is 835 g/mol. The van der Waals surface area contributed by atoms with Gasteiger partial charge in [-0.25, -0.2) is 4.79 Å². The molecular formula is C52H102N2O5. The van der Waals surface area contributed by atoms with E-state index in [0.717, 1.165) is 110 Å². The third kappa shape index (κ3) is 31.0. The molecular weight excluding hydrogens is 733 g/mol. The van der Waals surface area contributed by atoms with Crippen molar-refractivity contribution in [1.82, 2.24) is 9.80 Å². The van der Waals surface area contributed by atoms with Gasteiger partial charge in [0.1, 0.15) is 5.78 Å². The molecule has 7 nitrogen and oxygen atoms in total. The zero-order chi connectivity index (χ0) is 43.8. The van der Waals surface area contributed by atoms with Gasteiger partial charge >= 0.3 is 12.1 Å². The molecule has 0 aromatic heterocycles. The van der Waals surface area contributed by atoms with E-state index >= 15 is 0 Å². The molecule has 0 radical (unpaired) electrons. The normalized spacial score (nSPS) is 16.2. The summed E-state index contributed by atoms with van der Waals surface area (Å²) in [6.45, 7) is 22.9. The fourth-order valence-electron chi connectivity index (χ4n) is 8.90. The Morgan fingerprint density at radius 2 is 0.949 bits per heavy atom. The molecule has 1 aliphatic rings. The van der Waals surface area contributed by atoms with Gasteiger partial charge in [-0.15, -0.1) is 0 Å². The predicted octanol–water partition coefficient (Wildman–Crippen LogP) is 15.3. The van der Waals surface area contributed by atoms with Crippen molar-refractivity contribution in [1.29, 1.82) is 0 Å². The molecule has 0 aliphatic carbocycles. The first kappa shape index (κ1) is 57.4. The van der Waals surface area contributed by atoms with Gasteiger partial charge in [0.05, 0.1) is 19.1 Å². The van der Waals surface area contributed by atoms with E-state index in [4.69, 9.17) is 9.47 Å². The van der Waals surface area contributed by atoms with E-state index in [1.807, 2.05) is 4.90 Å². The van der Waals surface area contributed by atoms with E-state index in [9.17, 15) is 14.4 Å². The van der Waals surface area contributed by atoms with E-state index in [-0.39, 0.29) is 23.4 Å². The lowest BCUT2D eigenvalue weighted by Crippen LogP contribution is -2.33. The number of hydrogen-bond donors (Lipinski definition) is 0.